The lowest BCUT2D eigenvalue weighted by Crippen LogP contribution is -2.39. The molecule has 2 aromatic rings. The summed E-state index contributed by atoms with van der Waals surface area (Å²) in [6.07, 6.45) is 0. The summed E-state index contributed by atoms with van der Waals surface area (Å²) in [5, 5.41) is 3.84. The number of aromatic nitrogens is 1. The molecule has 112 valence electrons. The van der Waals surface area contributed by atoms with Gasteiger partial charge in [-0.15, -0.1) is 0 Å². The third kappa shape index (κ3) is 3.97. The summed E-state index contributed by atoms with van der Waals surface area (Å²) in [5.41, 5.74) is 2.59. The number of rotatable bonds is 2. The number of nitrogens with one attached hydrogen (secondary N) is 1. The average molecular weight is 302 g/mol. The van der Waals surface area contributed by atoms with E-state index in [4.69, 9.17) is 0 Å². The molecular weight excluding hydrogens is 280 g/mol. The average Bonchev–Trinajstić information content (AvgIpc) is 2.34. The van der Waals surface area contributed by atoms with Crippen LogP contribution in [-0.2, 0) is 5.41 Å². The number of carbonyl (C=O) groups excluding carboxylic acids is 1. The molecular formula is C17H22N2OS. The van der Waals surface area contributed by atoms with Gasteiger partial charge < -0.3 is 5.32 Å². The van der Waals surface area contributed by atoms with E-state index in [1.807, 2.05) is 26.0 Å². The highest BCUT2D eigenvalue weighted by Crippen LogP contribution is 2.25. The van der Waals surface area contributed by atoms with Crippen molar-refractivity contribution in [2.75, 3.05) is 0 Å². The number of fused-ring (bicyclic) bond motifs is 1. The van der Waals surface area contributed by atoms with E-state index < -0.39 is 4.87 Å². The summed E-state index contributed by atoms with van der Waals surface area (Å²) in [6, 6.07) is 9.87. The number of thiol groups is 1. The Bertz CT molecular complexity index is 681. The second-order valence-corrected chi connectivity index (χ2v) is 7.99. The van der Waals surface area contributed by atoms with Crippen LogP contribution in [0, 0.1) is 0 Å². The summed E-state index contributed by atoms with van der Waals surface area (Å²) in [7, 11) is 0. The first-order chi connectivity index (χ1) is 9.56. The van der Waals surface area contributed by atoms with Gasteiger partial charge in [-0.2, -0.15) is 12.6 Å². The van der Waals surface area contributed by atoms with Crippen LogP contribution in [-0.4, -0.2) is 15.8 Å². The molecule has 4 heteroatoms. The number of nitrogens with zero attached hydrogens (tertiary/aromatic N) is 1. The fourth-order valence-electron chi connectivity index (χ4n) is 2.06. The quantitative estimate of drug-likeness (QED) is 0.652. The lowest BCUT2D eigenvalue weighted by atomic mass is 9.86. The molecule has 0 atom stereocenters. The Morgan fingerprint density at radius 3 is 2.33 bits per heavy atom. The topological polar surface area (TPSA) is 42.0 Å². The van der Waals surface area contributed by atoms with Crippen molar-refractivity contribution >= 4 is 29.4 Å². The van der Waals surface area contributed by atoms with Gasteiger partial charge in [0.2, 0.25) is 0 Å². The molecule has 0 bridgehead atoms. The maximum absolute atomic E-state index is 12.1. The van der Waals surface area contributed by atoms with E-state index in [0.717, 1.165) is 10.9 Å². The van der Waals surface area contributed by atoms with Crippen LogP contribution >= 0.6 is 12.6 Å². The van der Waals surface area contributed by atoms with E-state index in [1.54, 1.807) is 6.07 Å². The number of pyridine rings is 1. The molecule has 0 saturated carbocycles. The fourth-order valence-corrected chi connectivity index (χ4v) is 2.16. The number of benzene rings is 1. The summed E-state index contributed by atoms with van der Waals surface area (Å²) < 4.78 is 0. The van der Waals surface area contributed by atoms with E-state index in [9.17, 15) is 4.79 Å². The molecule has 0 aliphatic heterocycles. The maximum Gasteiger partial charge on any atom is 0.270 e. The van der Waals surface area contributed by atoms with Crippen molar-refractivity contribution in [1.82, 2.24) is 10.3 Å². The molecule has 1 N–H and O–H groups in total. The molecule has 1 aromatic carbocycles. The Labute approximate surface area is 131 Å². The van der Waals surface area contributed by atoms with Crippen LogP contribution in [0.15, 0.2) is 30.3 Å². The van der Waals surface area contributed by atoms with Gasteiger partial charge in [0.1, 0.15) is 5.69 Å². The molecule has 1 heterocycles. The van der Waals surface area contributed by atoms with Crippen molar-refractivity contribution in [2.24, 2.45) is 0 Å². The smallest absolute Gasteiger partial charge is 0.270 e. The van der Waals surface area contributed by atoms with Crippen LogP contribution < -0.4 is 5.32 Å². The first kappa shape index (κ1) is 15.8. The standard InChI is InChI=1S/C17H22N2OS/c1-16(2,3)12-7-9-13-11(10-12)6-8-14(18-13)15(20)19-17(4,5)21/h6-10,21H,1-5H3,(H,19,20). The maximum atomic E-state index is 12.1. The van der Waals surface area contributed by atoms with Gasteiger partial charge in [0, 0.05) is 5.39 Å². The first-order valence-electron chi connectivity index (χ1n) is 7.02. The summed E-state index contributed by atoms with van der Waals surface area (Å²) in [5.74, 6) is -0.211. The Morgan fingerprint density at radius 2 is 1.76 bits per heavy atom. The van der Waals surface area contributed by atoms with Crippen molar-refractivity contribution in [3.05, 3.63) is 41.6 Å². The first-order valence-corrected chi connectivity index (χ1v) is 7.47. The van der Waals surface area contributed by atoms with E-state index in [0.29, 0.717) is 5.69 Å². The second kappa shape index (κ2) is 5.34. The number of hydrogen-bond acceptors (Lipinski definition) is 3. The van der Waals surface area contributed by atoms with Crippen LogP contribution in [0.1, 0.15) is 50.7 Å². The highest BCUT2D eigenvalue weighted by molar-refractivity contribution is 7.81. The second-order valence-electron chi connectivity index (χ2n) is 6.87. The highest BCUT2D eigenvalue weighted by atomic mass is 32.1. The highest BCUT2D eigenvalue weighted by Gasteiger charge is 2.18. The van der Waals surface area contributed by atoms with Crippen LogP contribution in [0.5, 0.6) is 0 Å². The molecule has 1 aromatic heterocycles. The molecule has 0 spiro atoms. The zero-order chi connectivity index (χ0) is 15.8. The van der Waals surface area contributed by atoms with Crippen LogP contribution in [0.25, 0.3) is 10.9 Å². The minimum Gasteiger partial charge on any atom is -0.337 e. The Hall–Kier alpha value is -1.55. The molecule has 0 fully saturated rings. The predicted octanol–water partition coefficient (Wildman–Crippen LogP) is 3.93. The minimum absolute atomic E-state index is 0.0975. The van der Waals surface area contributed by atoms with Crippen LogP contribution in [0.4, 0.5) is 0 Å². The fraction of sp³-hybridized carbons (Fsp3) is 0.412. The van der Waals surface area contributed by atoms with Crippen molar-refractivity contribution in [2.45, 2.75) is 44.9 Å². The van der Waals surface area contributed by atoms with Gasteiger partial charge in [-0.25, -0.2) is 4.98 Å². The molecule has 0 aliphatic rings. The molecule has 0 saturated heterocycles. The minimum atomic E-state index is -0.566. The summed E-state index contributed by atoms with van der Waals surface area (Å²) in [6.45, 7) is 10.2. The van der Waals surface area contributed by atoms with Gasteiger partial charge in [-0.3, -0.25) is 4.79 Å². The van der Waals surface area contributed by atoms with E-state index in [-0.39, 0.29) is 11.3 Å². The van der Waals surface area contributed by atoms with Crippen LogP contribution in [0.2, 0.25) is 0 Å². The molecule has 0 aliphatic carbocycles. The molecule has 2 rings (SSSR count). The SMILES string of the molecule is CC(C)(S)NC(=O)c1ccc2cc(C(C)(C)C)ccc2n1. The van der Waals surface area contributed by atoms with Gasteiger partial charge >= 0.3 is 0 Å². The van der Waals surface area contributed by atoms with Crippen LogP contribution in [0.3, 0.4) is 0 Å². The lowest BCUT2D eigenvalue weighted by Gasteiger charge is -2.20. The zero-order valence-corrected chi connectivity index (χ0v) is 14.1. The molecule has 21 heavy (non-hydrogen) atoms. The van der Waals surface area contributed by atoms with Crippen molar-refractivity contribution in [3.63, 3.8) is 0 Å². The van der Waals surface area contributed by atoms with Gasteiger partial charge in [0.25, 0.3) is 5.91 Å². The molecule has 1 amide bonds. The normalized spacial score (nSPS) is 12.5. The molecule has 0 unspecified atom stereocenters. The van der Waals surface area contributed by atoms with Crippen molar-refractivity contribution in [3.8, 4) is 0 Å². The summed E-state index contributed by atoms with van der Waals surface area (Å²) >= 11 is 4.30. The lowest BCUT2D eigenvalue weighted by molar-refractivity contribution is 0.0932. The van der Waals surface area contributed by atoms with E-state index >= 15 is 0 Å². The van der Waals surface area contributed by atoms with Gasteiger partial charge in [0.15, 0.2) is 0 Å². The van der Waals surface area contributed by atoms with E-state index in [1.165, 1.54) is 5.56 Å². The number of amides is 1. The molecule has 3 nitrogen and oxygen atoms in total. The van der Waals surface area contributed by atoms with Crippen molar-refractivity contribution < 1.29 is 4.79 Å². The van der Waals surface area contributed by atoms with Gasteiger partial charge in [0.05, 0.1) is 10.4 Å². The third-order valence-electron chi connectivity index (χ3n) is 3.21. The summed E-state index contributed by atoms with van der Waals surface area (Å²) in [4.78, 5) is 16.0. The largest absolute Gasteiger partial charge is 0.337 e. The Kier molecular flexibility index (Phi) is 4.02. The predicted molar refractivity (Wildman–Crippen MR) is 91.0 cm³/mol. The van der Waals surface area contributed by atoms with Gasteiger partial charge in [-0.1, -0.05) is 32.9 Å². The van der Waals surface area contributed by atoms with Gasteiger partial charge in [-0.05, 0) is 43.0 Å². The Morgan fingerprint density at radius 1 is 1.10 bits per heavy atom. The number of hydrogen-bond donors (Lipinski definition) is 2. The number of carbonyl (C=O) groups is 1. The van der Waals surface area contributed by atoms with Crippen molar-refractivity contribution in [1.29, 1.82) is 0 Å². The third-order valence-corrected chi connectivity index (χ3v) is 3.32. The monoisotopic (exact) mass is 302 g/mol. The molecule has 0 radical (unpaired) electrons. The zero-order valence-electron chi connectivity index (χ0n) is 13.2. The Balaban J connectivity index is 2.37. The van der Waals surface area contributed by atoms with E-state index in [2.05, 4.69) is 55.8 Å².